The van der Waals surface area contributed by atoms with E-state index in [0.717, 1.165) is 16.6 Å². The zero-order chi connectivity index (χ0) is 14.9. The highest BCUT2D eigenvalue weighted by Crippen LogP contribution is 2.27. The first kappa shape index (κ1) is 14.8. The van der Waals surface area contributed by atoms with E-state index in [0.29, 0.717) is 17.1 Å². The van der Waals surface area contributed by atoms with Crippen LogP contribution in [-0.2, 0) is 9.53 Å². The van der Waals surface area contributed by atoms with Gasteiger partial charge < -0.3 is 14.3 Å². The largest absolute Gasteiger partial charge is 0.467 e. The molecule has 0 radical (unpaired) electrons. The van der Waals surface area contributed by atoms with Crippen LogP contribution in [0.25, 0.3) is 11.0 Å². The summed E-state index contributed by atoms with van der Waals surface area (Å²) in [5.41, 5.74) is 3.02. The fraction of sp³-hybridized carbons (Fsp3) is 0.467. The average molecular weight is 292 g/mol. The Balaban J connectivity index is 2.67. The van der Waals surface area contributed by atoms with E-state index in [1.54, 1.807) is 0 Å². The number of benzene rings is 1. The van der Waals surface area contributed by atoms with E-state index < -0.39 is 0 Å². The normalized spacial score (nSPS) is 12.8. The average Bonchev–Trinajstić information content (AvgIpc) is 2.72. The van der Waals surface area contributed by atoms with E-state index in [2.05, 4.69) is 18.8 Å². The summed E-state index contributed by atoms with van der Waals surface area (Å²) in [4.78, 5) is 15.3. The second-order valence-electron chi connectivity index (χ2n) is 5.44. The van der Waals surface area contributed by atoms with Crippen molar-refractivity contribution in [2.24, 2.45) is 5.92 Å². The van der Waals surface area contributed by atoms with Crippen molar-refractivity contribution >= 4 is 29.2 Å². The van der Waals surface area contributed by atoms with E-state index in [1.165, 1.54) is 7.11 Å². The number of aryl methyl sites for hydroxylation is 1. The van der Waals surface area contributed by atoms with Gasteiger partial charge in [-0.15, -0.1) is 0 Å². The number of rotatable bonds is 4. The van der Waals surface area contributed by atoms with Gasteiger partial charge in [-0.25, -0.2) is 4.79 Å². The summed E-state index contributed by atoms with van der Waals surface area (Å²) in [7, 11) is 1.42. The van der Waals surface area contributed by atoms with E-state index >= 15 is 0 Å². The molecule has 0 aliphatic heterocycles. The van der Waals surface area contributed by atoms with Gasteiger partial charge in [0.25, 0.3) is 0 Å². The number of imidazole rings is 1. The van der Waals surface area contributed by atoms with Gasteiger partial charge in [-0.1, -0.05) is 26.0 Å². The Morgan fingerprint density at radius 1 is 1.45 bits per heavy atom. The van der Waals surface area contributed by atoms with Gasteiger partial charge in [-0.05, 0) is 43.1 Å². The molecule has 0 amide bonds. The van der Waals surface area contributed by atoms with Crippen molar-refractivity contribution < 1.29 is 9.53 Å². The lowest BCUT2D eigenvalue weighted by Crippen LogP contribution is -2.23. The summed E-state index contributed by atoms with van der Waals surface area (Å²) in [5, 5.41) is 0. The van der Waals surface area contributed by atoms with Crippen molar-refractivity contribution in [3.63, 3.8) is 0 Å². The summed E-state index contributed by atoms with van der Waals surface area (Å²) >= 11 is 5.41. The minimum atomic E-state index is -0.387. The van der Waals surface area contributed by atoms with Crippen LogP contribution < -0.4 is 0 Å². The van der Waals surface area contributed by atoms with Crippen LogP contribution in [0.2, 0.25) is 0 Å². The molecule has 0 aliphatic rings. The van der Waals surface area contributed by atoms with E-state index in [9.17, 15) is 4.79 Å². The topological polar surface area (TPSA) is 47.0 Å². The zero-order valence-corrected chi connectivity index (χ0v) is 13.1. The molecule has 2 rings (SSSR count). The van der Waals surface area contributed by atoms with Crippen LogP contribution in [0.1, 0.15) is 31.9 Å². The monoisotopic (exact) mass is 292 g/mol. The highest BCUT2D eigenvalue weighted by Gasteiger charge is 2.25. The Labute approximate surface area is 123 Å². The number of nitrogens with zero attached hydrogens (tertiary/aromatic N) is 1. The van der Waals surface area contributed by atoms with Crippen molar-refractivity contribution in [1.82, 2.24) is 9.55 Å². The Hall–Kier alpha value is -1.62. The Morgan fingerprint density at radius 2 is 2.15 bits per heavy atom. The second kappa shape index (κ2) is 5.79. The second-order valence-corrected chi connectivity index (χ2v) is 5.83. The predicted molar refractivity (Wildman–Crippen MR) is 82.4 cm³/mol. The molecular formula is C15H20N2O2S. The number of aromatic nitrogens is 2. The van der Waals surface area contributed by atoms with Crippen molar-refractivity contribution in [2.75, 3.05) is 7.11 Å². The molecule has 2 aromatic rings. The summed E-state index contributed by atoms with van der Waals surface area (Å²) in [5.74, 6) is 0.119. The molecule has 0 fully saturated rings. The first-order valence-electron chi connectivity index (χ1n) is 6.73. The minimum absolute atomic E-state index is 0.251. The van der Waals surface area contributed by atoms with Crippen LogP contribution in [0.4, 0.5) is 0 Å². The lowest BCUT2D eigenvalue weighted by Gasteiger charge is -2.19. The molecule has 1 unspecified atom stereocenters. The number of methoxy groups -OCH3 is 1. The minimum Gasteiger partial charge on any atom is -0.467 e. The van der Waals surface area contributed by atoms with E-state index in [-0.39, 0.29) is 12.0 Å². The lowest BCUT2D eigenvalue weighted by molar-refractivity contribution is -0.145. The van der Waals surface area contributed by atoms with Crippen LogP contribution in [0.15, 0.2) is 18.2 Å². The standard InChI is InChI=1S/C15H20N2O2S/c1-9(2)8-12(14(18)19-4)17-13-10(3)6-5-7-11(13)16-15(17)20/h5-7,9,12H,8H2,1-4H3,(H,16,20). The van der Waals surface area contributed by atoms with Crippen molar-refractivity contribution in [3.8, 4) is 0 Å². The molecule has 20 heavy (non-hydrogen) atoms. The van der Waals surface area contributed by atoms with Crippen molar-refractivity contribution in [1.29, 1.82) is 0 Å². The summed E-state index contributed by atoms with van der Waals surface area (Å²) in [6, 6.07) is 5.58. The van der Waals surface area contributed by atoms with Crippen LogP contribution in [-0.4, -0.2) is 22.6 Å². The molecule has 0 saturated carbocycles. The summed E-state index contributed by atoms with van der Waals surface area (Å²) < 4.78 is 7.42. The number of carbonyl (C=O) groups is 1. The molecule has 1 aromatic carbocycles. The van der Waals surface area contributed by atoms with Gasteiger partial charge in [0.2, 0.25) is 0 Å². The summed E-state index contributed by atoms with van der Waals surface area (Å²) in [6.45, 7) is 6.19. The molecule has 0 aliphatic carbocycles. The van der Waals surface area contributed by atoms with Crippen LogP contribution >= 0.6 is 12.2 Å². The first-order valence-corrected chi connectivity index (χ1v) is 7.14. The van der Waals surface area contributed by atoms with Gasteiger partial charge in [0.15, 0.2) is 4.77 Å². The van der Waals surface area contributed by atoms with Crippen molar-refractivity contribution in [3.05, 3.63) is 28.5 Å². The number of para-hydroxylation sites is 1. The van der Waals surface area contributed by atoms with Gasteiger partial charge in [0.05, 0.1) is 18.1 Å². The molecule has 1 atom stereocenters. The number of carbonyl (C=O) groups excluding carboxylic acids is 1. The molecule has 1 N–H and O–H groups in total. The van der Waals surface area contributed by atoms with Crippen LogP contribution in [0.5, 0.6) is 0 Å². The molecule has 1 heterocycles. The Morgan fingerprint density at radius 3 is 2.75 bits per heavy atom. The third kappa shape index (κ3) is 2.63. The number of H-pyrrole nitrogens is 1. The Bertz CT molecular complexity index is 685. The number of hydrogen-bond acceptors (Lipinski definition) is 3. The van der Waals surface area contributed by atoms with Gasteiger partial charge in [-0.2, -0.15) is 0 Å². The number of fused-ring (bicyclic) bond motifs is 1. The number of esters is 1. The zero-order valence-electron chi connectivity index (χ0n) is 12.3. The fourth-order valence-corrected chi connectivity index (χ4v) is 2.87. The Kier molecular flexibility index (Phi) is 4.28. The highest BCUT2D eigenvalue weighted by molar-refractivity contribution is 7.71. The lowest BCUT2D eigenvalue weighted by atomic mass is 10.0. The molecule has 5 heteroatoms. The maximum atomic E-state index is 12.1. The summed E-state index contributed by atoms with van der Waals surface area (Å²) in [6.07, 6.45) is 0.697. The number of nitrogens with one attached hydrogen (secondary N) is 1. The smallest absolute Gasteiger partial charge is 0.328 e. The maximum Gasteiger partial charge on any atom is 0.328 e. The molecule has 4 nitrogen and oxygen atoms in total. The molecular weight excluding hydrogens is 272 g/mol. The van der Waals surface area contributed by atoms with Gasteiger partial charge in [-0.3, -0.25) is 0 Å². The third-order valence-electron chi connectivity index (χ3n) is 3.42. The first-order chi connectivity index (χ1) is 9.45. The molecule has 0 bridgehead atoms. The molecule has 108 valence electrons. The predicted octanol–water partition coefficient (Wildman–Crippen LogP) is 3.77. The molecule has 0 spiro atoms. The quantitative estimate of drug-likeness (QED) is 0.689. The number of ether oxygens (including phenoxy) is 1. The molecule has 0 saturated heterocycles. The van der Waals surface area contributed by atoms with E-state index in [4.69, 9.17) is 17.0 Å². The van der Waals surface area contributed by atoms with Crippen LogP contribution in [0.3, 0.4) is 0 Å². The van der Waals surface area contributed by atoms with Crippen molar-refractivity contribution in [2.45, 2.75) is 33.2 Å². The van der Waals surface area contributed by atoms with Gasteiger partial charge in [0.1, 0.15) is 6.04 Å². The van der Waals surface area contributed by atoms with E-state index in [1.807, 2.05) is 29.7 Å². The number of hydrogen-bond donors (Lipinski definition) is 1. The SMILES string of the molecule is COC(=O)C(CC(C)C)n1c(=S)[nH]c2cccc(C)c21. The van der Waals surface area contributed by atoms with Gasteiger partial charge >= 0.3 is 5.97 Å². The van der Waals surface area contributed by atoms with Crippen LogP contribution in [0, 0.1) is 17.6 Å². The maximum absolute atomic E-state index is 12.1. The third-order valence-corrected chi connectivity index (χ3v) is 3.72. The highest BCUT2D eigenvalue weighted by atomic mass is 32.1. The van der Waals surface area contributed by atoms with Gasteiger partial charge in [0, 0.05) is 0 Å². The fourth-order valence-electron chi connectivity index (χ4n) is 2.54. The molecule has 1 aromatic heterocycles. The number of aromatic amines is 1.